The number of pyridine rings is 1. The Bertz CT molecular complexity index is 1080. The van der Waals surface area contributed by atoms with Crippen molar-refractivity contribution in [2.24, 2.45) is 0 Å². The molecule has 4 aromatic rings. The number of imidazole rings is 1. The number of nitrogens with zero attached hydrogens (tertiary/aromatic N) is 3. The van der Waals surface area contributed by atoms with Crippen LogP contribution in [-0.2, 0) is 12.8 Å². The normalized spacial score (nSPS) is 13.1. The summed E-state index contributed by atoms with van der Waals surface area (Å²) >= 11 is 0. The van der Waals surface area contributed by atoms with Crippen LogP contribution in [0.3, 0.4) is 0 Å². The Morgan fingerprint density at radius 3 is 2.54 bits per heavy atom. The summed E-state index contributed by atoms with van der Waals surface area (Å²) in [5, 5.41) is 0. The summed E-state index contributed by atoms with van der Waals surface area (Å²) in [4.78, 5) is 9.49. The van der Waals surface area contributed by atoms with Crippen molar-refractivity contribution in [2.75, 3.05) is 7.11 Å². The molecule has 0 spiro atoms. The second-order valence-corrected chi connectivity index (χ2v) is 6.62. The molecule has 0 N–H and O–H groups in total. The fourth-order valence-corrected chi connectivity index (χ4v) is 3.90. The van der Waals surface area contributed by atoms with E-state index in [2.05, 4.69) is 52.0 Å². The largest absolute Gasteiger partial charge is 0.497 e. The molecule has 26 heavy (non-hydrogen) atoms. The lowest BCUT2D eigenvalue weighted by Gasteiger charge is -2.13. The topological polar surface area (TPSA) is 39.9 Å². The second-order valence-electron chi connectivity index (χ2n) is 6.62. The SMILES string of the molecule is COc1ccc(-n2cnc3nc4c(c(-c5ccccc5)c32)CCC4)cc1. The summed E-state index contributed by atoms with van der Waals surface area (Å²) in [6.07, 6.45) is 5.16. The highest BCUT2D eigenvalue weighted by molar-refractivity contribution is 5.94. The van der Waals surface area contributed by atoms with E-state index in [-0.39, 0.29) is 0 Å². The number of benzene rings is 2. The van der Waals surface area contributed by atoms with Crippen LogP contribution in [0.15, 0.2) is 60.9 Å². The van der Waals surface area contributed by atoms with Gasteiger partial charge >= 0.3 is 0 Å². The Hall–Kier alpha value is -3.14. The third-order valence-electron chi connectivity index (χ3n) is 5.13. The molecule has 1 aliphatic carbocycles. The molecule has 0 unspecified atom stereocenters. The number of rotatable bonds is 3. The molecule has 2 heterocycles. The van der Waals surface area contributed by atoms with Crippen molar-refractivity contribution in [3.8, 4) is 22.6 Å². The molecule has 0 amide bonds. The van der Waals surface area contributed by atoms with Crippen LogP contribution in [0.25, 0.3) is 28.0 Å². The predicted octanol–water partition coefficient (Wildman–Crippen LogP) is 4.58. The van der Waals surface area contributed by atoms with E-state index in [4.69, 9.17) is 9.72 Å². The molecule has 2 aromatic carbocycles. The Balaban J connectivity index is 1.81. The van der Waals surface area contributed by atoms with Gasteiger partial charge in [0, 0.05) is 16.9 Å². The average Bonchev–Trinajstić information content (AvgIpc) is 3.33. The Morgan fingerprint density at radius 2 is 1.77 bits per heavy atom. The van der Waals surface area contributed by atoms with Gasteiger partial charge in [0.1, 0.15) is 17.6 Å². The zero-order valence-corrected chi connectivity index (χ0v) is 14.6. The molecule has 5 rings (SSSR count). The first-order valence-corrected chi connectivity index (χ1v) is 8.94. The van der Waals surface area contributed by atoms with Crippen LogP contribution in [0.1, 0.15) is 17.7 Å². The van der Waals surface area contributed by atoms with Gasteiger partial charge in [-0.05, 0) is 54.7 Å². The monoisotopic (exact) mass is 341 g/mol. The van der Waals surface area contributed by atoms with Gasteiger partial charge in [0.2, 0.25) is 0 Å². The fourth-order valence-electron chi connectivity index (χ4n) is 3.90. The lowest BCUT2D eigenvalue weighted by Crippen LogP contribution is -1.99. The highest BCUT2D eigenvalue weighted by atomic mass is 16.5. The van der Waals surface area contributed by atoms with E-state index in [0.29, 0.717) is 0 Å². The van der Waals surface area contributed by atoms with Crippen molar-refractivity contribution in [2.45, 2.75) is 19.3 Å². The molecule has 0 radical (unpaired) electrons. The summed E-state index contributed by atoms with van der Waals surface area (Å²) in [5.41, 5.74) is 8.05. The Morgan fingerprint density at radius 1 is 0.962 bits per heavy atom. The number of aromatic nitrogens is 3. The number of aryl methyl sites for hydroxylation is 1. The molecule has 0 saturated heterocycles. The van der Waals surface area contributed by atoms with Gasteiger partial charge in [0.15, 0.2) is 5.65 Å². The predicted molar refractivity (Wildman–Crippen MR) is 103 cm³/mol. The van der Waals surface area contributed by atoms with Crippen molar-refractivity contribution in [3.05, 3.63) is 72.2 Å². The molecular weight excluding hydrogens is 322 g/mol. The maximum absolute atomic E-state index is 5.29. The molecule has 4 heteroatoms. The quantitative estimate of drug-likeness (QED) is 0.547. The van der Waals surface area contributed by atoms with Crippen molar-refractivity contribution in [3.63, 3.8) is 0 Å². The maximum atomic E-state index is 5.29. The Kier molecular flexibility index (Phi) is 3.49. The van der Waals surface area contributed by atoms with Crippen LogP contribution in [-0.4, -0.2) is 21.6 Å². The van der Waals surface area contributed by atoms with E-state index >= 15 is 0 Å². The number of fused-ring (bicyclic) bond motifs is 2. The summed E-state index contributed by atoms with van der Waals surface area (Å²) in [6, 6.07) is 18.7. The molecule has 0 bridgehead atoms. The summed E-state index contributed by atoms with van der Waals surface area (Å²) in [7, 11) is 1.68. The lowest BCUT2D eigenvalue weighted by molar-refractivity contribution is 0.415. The van der Waals surface area contributed by atoms with Gasteiger partial charge in [-0.3, -0.25) is 4.57 Å². The molecule has 0 saturated carbocycles. The molecule has 2 aromatic heterocycles. The van der Waals surface area contributed by atoms with E-state index in [1.807, 2.05) is 18.5 Å². The zero-order chi connectivity index (χ0) is 17.5. The third-order valence-corrected chi connectivity index (χ3v) is 5.13. The van der Waals surface area contributed by atoms with Gasteiger partial charge < -0.3 is 4.74 Å². The van der Waals surface area contributed by atoms with Crippen LogP contribution in [0.2, 0.25) is 0 Å². The van der Waals surface area contributed by atoms with Crippen LogP contribution in [0.4, 0.5) is 0 Å². The smallest absolute Gasteiger partial charge is 0.178 e. The first-order chi connectivity index (χ1) is 12.8. The van der Waals surface area contributed by atoms with Crippen molar-refractivity contribution in [1.82, 2.24) is 14.5 Å². The van der Waals surface area contributed by atoms with E-state index in [1.165, 1.54) is 22.4 Å². The fraction of sp³-hybridized carbons (Fsp3) is 0.182. The molecule has 0 fully saturated rings. The number of hydrogen-bond donors (Lipinski definition) is 0. The van der Waals surface area contributed by atoms with Crippen molar-refractivity contribution < 1.29 is 4.74 Å². The summed E-state index contributed by atoms with van der Waals surface area (Å²) in [5.74, 6) is 0.848. The molecule has 128 valence electrons. The minimum atomic E-state index is 0.820. The highest BCUT2D eigenvalue weighted by Gasteiger charge is 2.23. The first-order valence-electron chi connectivity index (χ1n) is 8.94. The molecule has 4 nitrogen and oxygen atoms in total. The second kappa shape index (κ2) is 5.99. The van der Waals surface area contributed by atoms with Crippen LogP contribution < -0.4 is 4.74 Å². The minimum Gasteiger partial charge on any atom is -0.497 e. The van der Waals surface area contributed by atoms with Crippen LogP contribution in [0, 0.1) is 0 Å². The number of methoxy groups -OCH3 is 1. The first kappa shape index (κ1) is 15.1. The van der Waals surface area contributed by atoms with Gasteiger partial charge in [0.05, 0.1) is 7.11 Å². The standard InChI is InChI=1S/C22H19N3O/c1-26-17-12-10-16(11-13-17)25-14-23-22-21(25)20(15-6-3-2-4-7-15)18-8-5-9-19(18)24-22/h2-4,6-7,10-14H,5,8-9H2,1H3. The van der Waals surface area contributed by atoms with Gasteiger partial charge in [-0.1, -0.05) is 30.3 Å². The third kappa shape index (κ3) is 2.30. The van der Waals surface area contributed by atoms with Gasteiger partial charge in [-0.15, -0.1) is 0 Å². The zero-order valence-electron chi connectivity index (χ0n) is 14.6. The average molecular weight is 341 g/mol. The number of ether oxygens (including phenoxy) is 1. The van der Waals surface area contributed by atoms with Gasteiger partial charge in [-0.2, -0.15) is 0 Å². The molecule has 0 atom stereocenters. The van der Waals surface area contributed by atoms with Crippen molar-refractivity contribution >= 4 is 11.2 Å². The van der Waals surface area contributed by atoms with Gasteiger partial charge in [0.25, 0.3) is 0 Å². The minimum absolute atomic E-state index is 0.820. The molecule has 0 aliphatic heterocycles. The van der Waals surface area contributed by atoms with Crippen LogP contribution in [0.5, 0.6) is 5.75 Å². The molecular formula is C22H19N3O. The highest BCUT2D eigenvalue weighted by Crippen LogP contribution is 2.37. The number of hydrogen-bond acceptors (Lipinski definition) is 3. The van der Waals surface area contributed by atoms with Crippen LogP contribution >= 0.6 is 0 Å². The van der Waals surface area contributed by atoms with E-state index < -0.39 is 0 Å². The maximum Gasteiger partial charge on any atom is 0.178 e. The lowest BCUT2D eigenvalue weighted by atomic mass is 9.98. The van der Waals surface area contributed by atoms with E-state index in [1.54, 1.807) is 7.11 Å². The van der Waals surface area contributed by atoms with E-state index in [0.717, 1.165) is 41.9 Å². The Labute approximate surface area is 152 Å². The van der Waals surface area contributed by atoms with Gasteiger partial charge in [-0.25, -0.2) is 9.97 Å². The summed E-state index contributed by atoms with van der Waals surface area (Å²) < 4.78 is 7.43. The summed E-state index contributed by atoms with van der Waals surface area (Å²) in [6.45, 7) is 0. The van der Waals surface area contributed by atoms with E-state index in [9.17, 15) is 0 Å². The van der Waals surface area contributed by atoms with Crippen molar-refractivity contribution in [1.29, 1.82) is 0 Å². The molecule has 1 aliphatic rings.